The number of nitrogens with one attached hydrogen (secondary N) is 1. The van der Waals surface area contributed by atoms with Crippen LogP contribution in [0.4, 0.5) is 0 Å². The topological polar surface area (TPSA) is 49.3 Å². The number of benzene rings is 1. The van der Waals surface area contributed by atoms with E-state index in [1.165, 1.54) is 6.92 Å². The Morgan fingerprint density at radius 3 is 2.92 bits per heavy atom. The lowest BCUT2D eigenvalue weighted by molar-refractivity contribution is 0.0302. The minimum absolute atomic E-state index is 0.267. The molecule has 0 aliphatic carbocycles. The lowest BCUT2D eigenvalue weighted by atomic mass is 10.0. The maximum Gasteiger partial charge on any atom is 0.254 e. The van der Waals surface area contributed by atoms with Gasteiger partial charge in [-0.3, -0.25) is 4.79 Å². The minimum atomic E-state index is -1.29. The Labute approximate surface area is 80.3 Å². The van der Waals surface area contributed by atoms with Crippen molar-refractivity contribution in [3.8, 4) is 0 Å². The first-order chi connectivity index (χ1) is 6.00. The van der Waals surface area contributed by atoms with Crippen LogP contribution in [0.15, 0.2) is 18.2 Å². The molecule has 0 radical (unpaired) electrons. The van der Waals surface area contributed by atoms with Crippen molar-refractivity contribution < 1.29 is 9.90 Å². The van der Waals surface area contributed by atoms with Gasteiger partial charge in [-0.15, -0.1) is 0 Å². The van der Waals surface area contributed by atoms with E-state index in [2.05, 4.69) is 5.32 Å². The van der Waals surface area contributed by atoms with Crippen molar-refractivity contribution in [3.63, 3.8) is 0 Å². The number of rotatable bonds is 0. The zero-order valence-corrected chi connectivity index (χ0v) is 7.72. The van der Waals surface area contributed by atoms with Crippen LogP contribution >= 0.6 is 11.6 Å². The van der Waals surface area contributed by atoms with Crippen molar-refractivity contribution in [3.05, 3.63) is 34.3 Å². The van der Waals surface area contributed by atoms with Gasteiger partial charge in [-0.1, -0.05) is 11.6 Å². The first-order valence-electron chi connectivity index (χ1n) is 3.85. The Morgan fingerprint density at radius 2 is 2.23 bits per heavy atom. The number of halogens is 1. The van der Waals surface area contributed by atoms with Crippen LogP contribution in [0.3, 0.4) is 0 Å². The van der Waals surface area contributed by atoms with Crippen molar-refractivity contribution >= 4 is 17.5 Å². The fourth-order valence-corrected chi connectivity index (χ4v) is 1.65. The van der Waals surface area contributed by atoms with E-state index in [-0.39, 0.29) is 5.91 Å². The molecule has 0 fully saturated rings. The molecule has 4 heteroatoms. The van der Waals surface area contributed by atoms with Crippen molar-refractivity contribution in [2.45, 2.75) is 12.6 Å². The summed E-state index contributed by atoms with van der Waals surface area (Å²) in [5.41, 5.74) is -0.281. The molecule has 1 aromatic carbocycles. The zero-order chi connectivity index (χ0) is 9.64. The van der Waals surface area contributed by atoms with Crippen LogP contribution in [0.1, 0.15) is 22.8 Å². The van der Waals surface area contributed by atoms with Gasteiger partial charge in [0, 0.05) is 16.1 Å². The second-order valence-electron chi connectivity index (χ2n) is 3.22. The largest absolute Gasteiger partial charge is 0.367 e. The minimum Gasteiger partial charge on any atom is -0.367 e. The lowest BCUT2D eigenvalue weighted by Crippen LogP contribution is -2.35. The summed E-state index contributed by atoms with van der Waals surface area (Å²) in [5, 5.41) is 12.7. The molecule has 2 rings (SSSR count). The Kier molecular flexibility index (Phi) is 1.62. The highest BCUT2D eigenvalue weighted by atomic mass is 35.5. The molecule has 1 aromatic rings. The van der Waals surface area contributed by atoms with Gasteiger partial charge in [0.25, 0.3) is 5.91 Å². The highest BCUT2D eigenvalue weighted by molar-refractivity contribution is 6.30. The van der Waals surface area contributed by atoms with Crippen molar-refractivity contribution in [1.29, 1.82) is 0 Å². The summed E-state index contributed by atoms with van der Waals surface area (Å²) in [6, 6.07) is 4.82. The first kappa shape index (κ1) is 8.53. The van der Waals surface area contributed by atoms with E-state index in [0.717, 1.165) is 0 Å². The number of amides is 1. The summed E-state index contributed by atoms with van der Waals surface area (Å²) in [6.07, 6.45) is 0. The summed E-state index contributed by atoms with van der Waals surface area (Å²) in [5.74, 6) is -0.267. The van der Waals surface area contributed by atoms with Gasteiger partial charge in [-0.2, -0.15) is 0 Å². The molecule has 1 amide bonds. The van der Waals surface area contributed by atoms with E-state index in [4.69, 9.17) is 11.6 Å². The van der Waals surface area contributed by atoms with Gasteiger partial charge < -0.3 is 10.4 Å². The smallest absolute Gasteiger partial charge is 0.254 e. The van der Waals surface area contributed by atoms with Gasteiger partial charge >= 0.3 is 0 Å². The number of hydrogen-bond acceptors (Lipinski definition) is 2. The molecule has 1 unspecified atom stereocenters. The Bertz CT molecular complexity index is 387. The van der Waals surface area contributed by atoms with Crippen molar-refractivity contribution in [2.24, 2.45) is 0 Å². The zero-order valence-electron chi connectivity index (χ0n) is 6.97. The van der Waals surface area contributed by atoms with Gasteiger partial charge in [0.05, 0.1) is 0 Å². The van der Waals surface area contributed by atoms with E-state index in [1.807, 2.05) is 0 Å². The third-order valence-corrected chi connectivity index (χ3v) is 2.34. The lowest BCUT2D eigenvalue weighted by Gasteiger charge is -2.17. The number of aliphatic hydroxyl groups is 1. The molecule has 0 saturated heterocycles. The SMILES string of the molecule is CC1(O)NC(=O)c2ccc(Cl)cc21. The van der Waals surface area contributed by atoms with E-state index < -0.39 is 5.72 Å². The molecule has 13 heavy (non-hydrogen) atoms. The number of carbonyl (C=O) groups excluding carboxylic acids is 1. The molecule has 2 N–H and O–H groups in total. The van der Waals surface area contributed by atoms with E-state index in [1.54, 1.807) is 18.2 Å². The fraction of sp³-hybridized carbons (Fsp3) is 0.222. The Morgan fingerprint density at radius 1 is 1.54 bits per heavy atom. The van der Waals surface area contributed by atoms with E-state index in [9.17, 15) is 9.90 Å². The summed E-state index contributed by atoms with van der Waals surface area (Å²) < 4.78 is 0. The standard InChI is InChI=1S/C9H8ClNO2/c1-9(13)7-4-5(10)2-3-6(7)8(12)11-9/h2-4,13H,1H3,(H,11,12). The molecular formula is C9H8ClNO2. The van der Waals surface area contributed by atoms with Gasteiger partial charge in [-0.05, 0) is 25.1 Å². The Balaban J connectivity index is 2.66. The molecule has 0 aromatic heterocycles. The van der Waals surface area contributed by atoms with Gasteiger partial charge in [0.1, 0.15) is 0 Å². The second kappa shape index (κ2) is 2.47. The molecule has 0 saturated carbocycles. The van der Waals surface area contributed by atoms with Crippen molar-refractivity contribution in [2.75, 3.05) is 0 Å². The molecule has 68 valence electrons. The molecule has 3 nitrogen and oxygen atoms in total. The summed E-state index contributed by atoms with van der Waals surface area (Å²) in [7, 11) is 0. The third-order valence-electron chi connectivity index (χ3n) is 2.11. The summed E-state index contributed by atoms with van der Waals surface area (Å²) in [6.45, 7) is 1.52. The van der Waals surface area contributed by atoms with Crippen LogP contribution in [-0.4, -0.2) is 11.0 Å². The number of hydrogen-bond donors (Lipinski definition) is 2. The molecule has 1 heterocycles. The molecule has 1 atom stereocenters. The summed E-state index contributed by atoms with van der Waals surface area (Å²) in [4.78, 5) is 11.3. The average Bonchev–Trinajstić information content (AvgIpc) is 2.23. The second-order valence-corrected chi connectivity index (χ2v) is 3.65. The van der Waals surface area contributed by atoms with Gasteiger partial charge in [0.2, 0.25) is 0 Å². The van der Waals surface area contributed by atoms with E-state index in [0.29, 0.717) is 16.1 Å². The highest BCUT2D eigenvalue weighted by Gasteiger charge is 2.36. The summed E-state index contributed by atoms with van der Waals surface area (Å²) >= 11 is 5.75. The predicted molar refractivity (Wildman–Crippen MR) is 48.5 cm³/mol. The molecule has 0 spiro atoms. The fourth-order valence-electron chi connectivity index (χ4n) is 1.47. The van der Waals surface area contributed by atoms with Crippen LogP contribution in [0.25, 0.3) is 0 Å². The van der Waals surface area contributed by atoms with Gasteiger partial charge in [-0.25, -0.2) is 0 Å². The molecule has 1 aliphatic rings. The third kappa shape index (κ3) is 1.20. The Hall–Kier alpha value is -1.06. The van der Waals surface area contributed by atoms with Crippen LogP contribution in [0.5, 0.6) is 0 Å². The maximum absolute atomic E-state index is 11.3. The normalized spacial score (nSPS) is 25.6. The van der Waals surface area contributed by atoms with E-state index >= 15 is 0 Å². The van der Waals surface area contributed by atoms with Gasteiger partial charge in [0.15, 0.2) is 5.72 Å². The van der Waals surface area contributed by atoms with Crippen LogP contribution < -0.4 is 5.32 Å². The maximum atomic E-state index is 11.3. The van der Waals surface area contributed by atoms with Crippen LogP contribution in [-0.2, 0) is 5.72 Å². The predicted octanol–water partition coefficient (Wildman–Crippen LogP) is 1.25. The molecule has 1 aliphatic heterocycles. The molecular weight excluding hydrogens is 190 g/mol. The quantitative estimate of drug-likeness (QED) is 0.658. The van der Waals surface area contributed by atoms with Crippen molar-refractivity contribution in [1.82, 2.24) is 5.32 Å². The highest BCUT2D eigenvalue weighted by Crippen LogP contribution is 2.30. The van der Waals surface area contributed by atoms with Crippen LogP contribution in [0.2, 0.25) is 5.02 Å². The number of fused-ring (bicyclic) bond motifs is 1. The number of carbonyl (C=O) groups is 1. The first-order valence-corrected chi connectivity index (χ1v) is 4.23. The average molecular weight is 198 g/mol. The monoisotopic (exact) mass is 197 g/mol. The van der Waals surface area contributed by atoms with Crippen LogP contribution in [0, 0.1) is 0 Å². The molecule has 0 bridgehead atoms.